The second-order valence-corrected chi connectivity index (χ2v) is 3.81. The van der Waals surface area contributed by atoms with Crippen LogP contribution in [0.15, 0.2) is 23.0 Å². The third-order valence-electron chi connectivity index (χ3n) is 2.42. The topological polar surface area (TPSA) is 75.2 Å². The van der Waals surface area contributed by atoms with E-state index >= 15 is 0 Å². The van der Waals surface area contributed by atoms with Gasteiger partial charge in [-0.3, -0.25) is 4.79 Å². The van der Waals surface area contributed by atoms with Gasteiger partial charge in [-0.05, 0) is 25.0 Å². The van der Waals surface area contributed by atoms with Crippen LogP contribution in [0.1, 0.15) is 12.8 Å². The first-order chi connectivity index (χ1) is 8.70. The fourth-order valence-electron chi connectivity index (χ4n) is 1.52. The van der Waals surface area contributed by atoms with Gasteiger partial charge >= 0.3 is 0 Å². The van der Waals surface area contributed by atoms with Crippen LogP contribution in [-0.4, -0.2) is 28.3 Å². The molecule has 2 heterocycles. The average Bonchev–Trinajstić information content (AvgIpc) is 2.35. The van der Waals surface area contributed by atoms with Gasteiger partial charge < -0.3 is 14.8 Å². The van der Waals surface area contributed by atoms with E-state index in [0.717, 1.165) is 0 Å². The van der Waals surface area contributed by atoms with Gasteiger partial charge in [0.15, 0.2) is 5.82 Å². The highest BCUT2D eigenvalue weighted by Gasteiger charge is 2.08. The number of H-pyrrole nitrogens is 1. The SMILES string of the molecule is O=c1ccc2cc(F)c(OCCCCO)nc2[nH]1. The summed E-state index contributed by atoms with van der Waals surface area (Å²) >= 11 is 0. The van der Waals surface area contributed by atoms with E-state index in [2.05, 4.69) is 9.97 Å². The average molecular weight is 252 g/mol. The number of rotatable bonds is 5. The van der Waals surface area contributed by atoms with Gasteiger partial charge in [0.1, 0.15) is 5.65 Å². The molecule has 0 atom stereocenters. The van der Waals surface area contributed by atoms with E-state index in [1.165, 1.54) is 18.2 Å². The van der Waals surface area contributed by atoms with Crippen molar-refractivity contribution in [1.82, 2.24) is 9.97 Å². The Kier molecular flexibility index (Phi) is 3.88. The lowest BCUT2D eigenvalue weighted by atomic mass is 10.3. The quantitative estimate of drug-likeness (QED) is 0.784. The fraction of sp³-hybridized carbons (Fsp3) is 0.333. The van der Waals surface area contributed by atoms with Gasteiger partial charge in [-0.15, -0.1) is 0 Å². The molecule has 5 nitrogen and oxygen atoms in total. The van der Waals surface area contributed by atoms with Crippen LogP contribution in [0.5, 0.6) is 5.88 Å². The number of pyridine rings is 2. The molecule has 0 aliphatic rings. The van der Waals surface area contributed by atoms with Gasteiger partial charge in [0, 0.05) is 18.1 Å². The molecule has 0 saturated heterocycles. The number of nitrogens with zero attached hydrogens (tertiary/aromatic N) is 1. The third-order valence-corrected chi connectivity index (χ3v) is 2.42. The summed E-state index contributed by atoms with van der Waals surface area (Å²) in [6.07, 6.45) is 1.20. The Balaban J connectivity index is 2.22. The first-order valence-electron chi connectivity index (χ1n) is 5.64. The number of fused-ring (bicyclic) bond motifs is 1. The molecule has 0 unspecified atom stereocenters. The van der Waals surface area contributed by atoms with Crippen molar-refractivity contribution in [2.75, 3.05) is 13.2 Å². The van der Waals surface area contributed by atoms with E-state index in [1.54, 1.807) is 0 Å². The number of aliphatic hydroxyl groups is 1. The van der Waals surface area contributed by atoms with Gasteiger partial charge in [-0.25, -0.2) is 4.39 Å². The van der Waals surface area contributed by atoms with Crippen LogP contribution in [0.3, 0.4) is 0 Å². The first kappa shape index (κ1) is 12.5. The van der Waals surface area contributed by atoms with E-state index in [0.29, 0.717) is 23.9 Å². The predicted octanol–water partition coefficient (Wildman–Crippen LogP) is 1.21. The molecule has 0 aromatic carbocycles. The van der Waals surface area contributed by atoms with Crippen molar-refractivity contribution in [2.45, 2.75) is 12.8 Å². The summed E-state index contributed by atoms with van der Waals surface area (Å²) in [7, 11) is 0. The lowest BCUT2D eigenvalue weighted by Crippen LogP contribution is -2.06. The van der Waals surface area contributed by atoms with Crippen LogP contribution in [0, 0.1) is 5.82 Å². The number of aromatic amines is 1. The fourth-order valence-corrected chi connectivity index (χ4v) is 1.52. The maximum Gasteiger partial charge on any atom is 0.252 e. The van der Waals surface area contributed by atoms with Crippen molar-refractivity contribution in [3.8, 4) is 5.88 Å². The molecule has 0 amide bonds. The molecule has 0 fully saturated rings. The molecule has 2 N–H and O–H groups in total. The lowest BCUT2D eigenvalue weighted by Gasteiger charge is -2.06. The zero-order chi connectivity index (χ0) is 13.0. The van der Waals surface area contributed by atoms with Crippen LogP contribution < -0.4 is 10.3 Å². The largest absolute Gasteiger partial charge is 0.476 e. The summed E-state index contributed by atoms with van der Waals surface area (Å²) in [5.74, 6) is -0.708. The molecule has 0 bridgehead atoms. The Bertz CT molecular complexity index is 597. The molecule has 0 spiro atoms. The second-order valence-electron chi connectivity index (χ2n) is 3.81. The minimum Gasteiger partial charge on any atom is -0.476 e. The van der Waals surface area contributed by atoms with Crippen LogP contribution >= 0.6 is 0 Å². The summed E-state index contributed by atoms with van der Waals surface area (Å²) in [6, 6.07) is 4.07. The van der Waals surface area contributed by atoms with E-state index in [-0.39, 0.29) is 24.7 Å². The van der Waals surface area contributed by atoms with Crippen LogP contribution in [-0.2, 0) is 0 Å². The minimum atomic E-state index is -0.571. The summed E-state index contributed by atoms with van der Waals surface area (Å²) in [5.41, 5.74) is -0.00565. The van der Waals surface area contributed by atoms with Crippen molar-refractivity contribution in [1.29, 1.82) is 0 Å². The number of halogens is 1. The molecule has 0 aliphatic heterocycles. The number of aliphatic hydroxyl groups excluding tert-OH is 1. The summed E-state index contributed by atoms with van der Waals surface area (Å²) in [4.78, 5) is 17.5. The smallest absolute Gasteiger partial charge is 0.252 e. The maximum atomic E-state index is 13.6. The number of unbranched alkanes of at least 4 members (excludes halogenated alkanes) is 1. The van der Waals surface area contributed by atoms with Crippen molar-refractivity contribution >= 4 is 11.0 Å². The second kappa shape index (κ2) is 5.59. The van der Waals surface area contributed by atoms with E-state index in [4.69, 9.17) is 9.84 Å². The van der Waals surface area contributed by atoms with E-state index < -0.39 is 5.82 Å². The highest BCUT2D eigenvalue weighted by Crippen LogP contribution is 2.18. The molecular weight excluding hydrogens is 239 g/mol. The molecule has 2 aromatic heterocycles. The monoisotopic (exact) mass is 252 g/mol. The molecule has 0 radical (unpaired) electrons. The molecule has 6 heteroatoms. The molecule has 0 aliphatic carbocycles. The number of hydrogen-bond donors (Lipinski definition) is 2. The van der Waals surface area contributed by atoms with E-state index in [9.17, 15) is 9.18 Å². The zero-order valence-corrected chi connectivity index (χ0v) is 9.65. The normalized spacial score (nSPS) is 10.8. The Morgan fingerprint density at radius 3 is 3.00 bits per heavy atom. The van der Waals surface area contributed by atoms with Crippen molar-refractivity contribution in [2.24, 2.45) is 0 Å². The Labute approximate surface area is 102 Å². The van der Waals surface area contributed by atoms with Crippen molar-refractivity contribution < 1.29 is 14.2 Å². The van der Waals surface area contributed by atoms with Gasteiger partial charge in [-0.2, -0.15) is 4.98 Å². The van der Waals surface area contributed by atoms with Crippen LogP contribution in [0.2, 0.25) is 0 Å². The molecule has 2 rings (SSSR count). The summed E-state index contributed by atoms with van der Waals surface area (Å²) in [6.45, 7) is 0.345. The number of hydrogen-bond acceptors (Lipinski definition) is 4. The standard InChI is InChI=1S/C12H13FN2O3/c13-9-7-8-3-4-10(17)14-11(8)15-12(9)18-6-2-1-5-16/h3-4,7,16H,1-2,5-6H2,(H,14,15,17). The van der Waals surface area contributed by atoms with E-state index in [1.807, 2.05) is 0 Å². The van der Waals surface area contributed by atoms with Gasteiger partial charge in [0.2, 0.25) is 5.56 Å². The highest BCUT2D eigenvalue weighted by atomic mass is 19.1. The molecular formula is C12H13FN2O3. The Hall–Kier alpha value is -1.95. The first-order valence-corrected chi connectivity index (χ1v) is 5.64. The minimum absolute atomic E-state index is 0.0737. The van der Waals surface area contributed by atoms with Gasteiger partial charge in [-0.1, -0.05) is 0 Å². The van der Waals surface area contributed by atoms with Crippen LogP contribution in [0.4, 0.5) is 4.39 Å². The molecule has 96 valence electrons. The molecule has 2 aromatic rings. The van der Waals surface area contributed by atoms with Gasteiger partial charge in [0.05, 0.1) is 6.61 Å². The van der Waals surface area contributed by atoms with Crippen LogP contribution in [0.25, 0.3) is 11.0 Å². The van der Waals surface area contributed by atoms with Gasteiger partial charge in [0.25, 0.3) is 5.88 Å². The number of aromatic nitrogens is 2. The molecule has 18 heavy (non-hydrogen) atoms. The lowest BCUT2D eigenvalue weighted by molar-refractivity contribution is 0.243. The number of nitrogens with one attached hydrogen (secondary N) is 1. The van der Waals surface area contributed by atoms with Crippen molar-refractivity contribution in [3.63, 3.8) is 0 Å². The zero-order valence-electron chi connectivity index (χ0n) is 9.65. The third kappa shape index (κ3) is 2.84. The Morgan fingerprint density at radius 2 is 2.22 bits per heavy atom. The maximum absolute atomic E-state index is 13.6. The Morgan fingerprint density at radius 1 is 1.39 bits per heavy atom. The van der Waals surface area contributed by atoms with Crippen molar-refractivity contribution in [3.05, 3.63) is 34.4 Å². The summed E-state index contributed by atoms with van der Waals surface area (Å²) in [5, 5.41) is 9.11. The molecule has 0 saturated carbocycles. The number of ether oxygens (including phenoxy) is 1. The predicted molar refractivity (Wildman–Crippen MR) is 64.1 cm³/mol. The highest BCUT2D eigenvalue weighted by molar-refractivity contribution is 5.74. The summed E-state index contributed by atoms with van der Waals surface area (Å²) < 4.78 is 18.8.